The molecule has 5 aromatic carbocycles. The van der Waals surface area contributed by atoms with E-state index in [0.717, 1.165) is 22.7 Å². The van der Waals surface area contributed by atoms with Gasteiger partial charge in [0.15, 0.2) is 0 Å². The van der Waals surface area contributed by atoms with Crippen LogP contribution in [0.2, 0.25) is 0 Å². The number of aromatic nitrogens is 1. The number of hydrogen-bond acceptors (Lipinski definition) is 2. The molecule has 0 atom stereocenters. The Labute approximate surface area is 211 Å². The molecule has 6 aromatic rings. The van der Waals surface area contributed by atoms with Gasteiger partial charge in [-0.15, -0.1) is 0 Å². The third-order valence-corrected chi connectivity index (χ3v) is 6.81. The Morgan fingerprint density at radius 1 is 0.639 bits per heavy atom. The summed E-state index contributed by atoms with van der Waals surface area (Å²) in [5.74, 6) is 0. The predicted octanol–water partition coefficient (Wildman–Crippen LogP) is 8.74. The normalized spacial score (nSPS) is 11.0. The number of para-hydroxylation sites is 2. The van der Waals surface area contributed by atoms with Crippen molar-refractivity contribution in [1.29, 1.82) is 5.26 Å². The van der Waals surface area contributed by atoms with E-state index in [2.05, 4.69) is 120 Å². The Hall–Kier alpha value is -4.81. The van der Waals surface area contributed by atoms with Crippen LogP contribution in [0.5, 0.6) is 0 Å². The van der Waals surface area contributed by atoms with Gasteiger partial charge in [-0.25, -0.2) is 0 Å². The third-order valence-electron chi connectivity index (χ3n) is 6.81. The summed E-state index contributed by atoms with van der Waals surface area (Å²) in [5.41, 5.74) is 9.82. The molecule has 0 saturated heterocycles. The van der Waals surface area contributed by atoms with Crippen LogP contribution in [0.4, 0.5) is 17.1 Å². The summed E-state index contributed by atoms with van der Waals surface area (Å²) in [6, 6.07) is 42.4. The number of anilines is 3. The third kappa shape index (κ3) is 3.61. The fraction of sp³-hybridized carbons (Fsp3) is 0.0606. The van der Waals surface area contributed by atoms with Gasteiger partial charge in [-0.1, -0.05) is 48.0 Å². The zero-order chi connectivity index (χ0) is 24.6. The maximum absolute atomic E-state index is 9.27. The van der Waals surface area contributed by atoms with Gasteiger partial charge in [0.25, 0.3) is 0 Å². The summed E-state index contributed by atoms with van der Waals surface area (Å²) in [4.78, 5) is 2.25. The first-order valence-corrected chi connectivity index (χ1v) is 12.1. The minimum Gasteiger partial charge on any atom is -0.310 e. The van der Waals surface area contributed by atoms with E-state index in [1.165, 1.54) is 32.9 Å². The fourth-order valence-corrected chi connectivity index (χ4v) is 5.04. The van der Waals surface area contributed by atoms with E-state index in [0.29, 0.717) is 5.56 Å². The number of rotatable bonds is 4. The molecule has 0 bridgehead atoms. The van der Waals surface area contributed by atoms with Gasteiger partial charge in [0.05, 0.1) is 22.7 Å². The van der Waals surface area contributed by atoms with Gasteiger partial charge in [0.1, 0.15) is 0 Å². The quantitative estimate of drug-likeness (QED) is 0.262. The lowest BCUT2D eigenvalue weighted by molar-refractivity contribution is 1.17. The summed E-state index contributed by atoms with van der Waals surface area (Å²) in [7, 11) is 0. The van der Waals surface area contributed by atoms with E-state index >= 15 is 0 Å². The first kappa shape index (κ1) is 21.7. The van der Waals surface area contributed by atoms with Crippen LogP contribution in [-0.4, -0.2) is 4.57 Å². The number of benzene rings is 5. The summed E-state index contributed by atoms with van der Waals surface area (Å²) in [5, 5.41) is 11.8. The lowest BCUT2D eigenvalue weighted by Gasteiger charge is -2.27. The standard InChI is InChI=1S/C33H25N3/c1-23-11-20-33-30(21-23)29-8-4-6-10-32(29)36(33)28-18-16-27(17-19-28)35(31-9-5-3-7-24(31)2)26-14-12-25(22-34)13-15-26/h3-21H,1-2H3. The molecule has 0 fully saturated rings. The summed E-state index contributed by atoms with van der Waals surface area (Å²) in [6.45, 7) is 4.27. The minimum atomic E-state index is 0.653. The highest BCUT2D eigenvalue weighted by Gasteiger charge is 2.16. The summed E-state index contributed by atoms with van der Waals surface area (Å²) < 4.78 is 2.34. The molecule has 3 heteroatoms. The average molecular weight is 464 g/mol. The van der Waals surface area contributed by atoms with Crippen molar-refractivity contribution in [3.05, 3.63) is 132 Å². The summed E-state index contributed by atoms with van der Waals surface area (Å²) in [6.07, 6.45) is 0. The van der Waals surface area contributed by atoms with E-state index in [1.54, 1.807) is 0 Å². The molecule has 0 unspecified atom stereocenters. The second-order valence-electron chi connectivity index (χ2n) is 9.17. The molecule has 1 aromatic heterocycles. The average Bonchev–Trinajstić information content (AvgIpc) is 3.24. The number of nitriles is 1. The van der Waals surface area contributed by atoms with Crippen LogP contribution in [0, 0.1) is 25.2 Å². The second kappa shape index (κ2) is 8.76. The van der Waals surface area contributed by atoms with E-state index in [9.17, 15) is 5.26 Å². The highest BCUT2D eigenvalue weighted by molar-refractivity contribution is 6.09. The highest BCUT2D eigenvalue weighted by atomic mass is 15.1. The van der Waals surface area contributed by atoms with Crippen LogP contribution in [0.1, 0.15) is 16.7 Å². The predicted molar refractivity (Wildman–Crippen MR) is 150 cm³/mol. The van der Waals surface area contributed by atoms with E-state index in [-0.39, 0.29) is 0 Å². The first-order chi connectivity index (χ1) is 17.6. The van der Waals surface area contributed by atoms with Crippen LogP contribution >= 0.6 is 0 Å². The highest BCUT2D eigenvalue weighted by Crippen LogP contribution is 2.38. The molecular weight excluding hydrogens is 438 g/mol. The second-order valence-corrected chi connectivity index (χ2v) is 9.17. The largest absolute Gasteiger partial charge is 0.310 e. The van der Waals surface area contributed by atoms with E-state index in [4.69, 9.17) is 0 Å². The van der Waals surface area contributed by atoms with Crippen molar-refractivity contribution in [2.75, 3.05) is 4.90 Å². The van der Waals surface area contributed by atoms with Gasteiger partial charge in [-0.2, -0.15) is 5.26 Å². The van der Waals surface area contributed by atoms with Crippen LogP contribution in [0.25, 0.3) is 27.5 Å². The molecule has 6 rings (SSSR count). The van der Waals surface area contributed by atoms with Gasteiger partial charge in [0, 0.05) is 33.5 Å². The SMILES string of the molecule is Cc1ccc2c(c1)c1ccccc1n2-c1ccc(N(c2ccc(C#N)cc2)c2ccccc2C)cc1. The summed E-state index contributed by atoms with van der Waals surface area (Å²) >= 11 is 0. The maximum atomic E-state index is 9.27. The van der Waals surface area contributed by atoms with Crippen LogP contribution in [-0.2, 0) is 0 Å². The van der Waals surface area contributed by atoms with Crippen molar-refractivity contribution >= 4 is 38.9 Å². The number of nitrogens with zero attached hydrogens (tertiary/aromatic N) is 3. The Balaban J connectivity index is 1.50. The lowest BCUT2D eigenvalue weighted by atomic mass is 10.1. The van der Waals surface area contributed by atoms with Gasteiger partial charge in [-0.05, 0) is 92.2 Å². The Morgan fingerprint density at radius 3 is 2.00 bits per heavy atom. The molecule has 172 valence electrons. The molecule has 0 radical (unpaired) electrons. The first-order valence-electron chi connectivity index (χ1n) is 12.1. The zero-order valence-electron chi connectivity index (χ0n) is 20.3. The monoisotopic (exact) mass is 463 g/mol. The molecule has 0 spiro atoms. The molecule has 0 amide bonds. The van der Waals surface area contributed by atoms with Crippen molar-refractivity contribution in [2.24, 2.45) is 0 Å². The number of hydrogen-bond donors (Lipinski definition) is 0. The van der Waals surface area contributed by atoms with Crippen molar-refractivity contribution in [1.82, 2.24) is 4.57 Å². The van der Waals surface area contributed by atoms with E-state index < -0.39 is 0 Å². The molecule has 0 N–H and O–H groups in total. The van der Waals surface area contributed by atoms with Crippen LogP contribution in [0.15, 0.2) is 115 Å². The fourth-order valence-electron chi connectivity index (χ4n) is 5.04. The minimum absolute atomic E-state index is 0.653. The molecule has 36 heavy (non-hydrogen) atoms. The van der Waals surface area contributed by atoms with Crippen molar-refractivity contribution < 1.29 is 0 Å². The van der Waals surface area contributed by atoms with Gasteiger partial charge in [0.2, 0.25) is 0 Å². The molecule has 0 aliphatic carbocycles. The van der Waals surface area contributed by atoms with E-state index in [1.807, 2.05) is 24.3 Å². The van der Waals surface area contributed by atoms with Crippen molar-refractivity contribution in [3.8, 4) is 11.8 Å². The molecular formula is C33H25N3. The van der Waals surface area contributed by atoms with Crippen molar-refractivity contribution in [2.45, 2.75) is 13.8 Å². The van der Waals surface area contributed by atoms with Crippen LogP contribution < -0.4 is 4.90 Å². The zero-order valence-corrected chi connectivity index (χ0v) is 20.3. The maximum Gasteiger partial charge on any atom is 0.0991 e. The lowest BCUT2D eigenvalue weighted by Crippen LogP contribution is -2.11. The smallest absolute Gasteiger partial charge is 0.0991 e. The van der Waals surface area contributed by atoms with Gasteiger partial charge < -0.3 is 9.47 Å². The van der Waals surface area contributed by atoms with Crippen LogP contribution in [0.3, 0.4) is 0 Å². The molecule has 3 nitrogen and oxygen atoms in total. The topological polar surface area (TPSA) is 32.0 Å². The number of fused-ring (bicyclic) bond motifs is 3. The molecule has 0 saturated carbocycles. The molecule has 1 heterocycles. The molecule has 0 aliphatic heterocycles. The van der Waals surface area contributed by atoms with Gasteiger partial charge in [-0.3, -0.25) is 0 Å². The Kier molecular flexibility index (Phi) is 5.28. The Bertz CT molecular complexity index is 1750. The van der Waals surface area contributed by atoms with Crippen molar-refractivity contribution in [3.63, 3.8) is 0 Å². The van der Waals surface area contributed by atoms with Gasteiger partial charge >= 0.3 is 0 Å². The number of aryl methyl sites for hydroxylation is 2. The molecule has 0 aliphatic rings. The Morgan fingerprint density at radius 2 is 1.28 bits per heavy atom.